The highest BCUT2D eigenvalue weighted by Gasteiger charge is 2.09. The third kappa shape index (κ3) is 2.82. The monoisotopic (exact) mass is 386 g/mol. The second-order valence-electron chi connectivity index (χ2n) is 6.98. The van der Waals surface area contributed by atoms with Gasteiger partial charge in [0.2, 0.25) is 0 Å². The predicted octanol–water partition coefficient (Wildman–Crippen LogP) is 4.85. The topological polar surface area (TPSA) is 77.3 Å². The fourth-order valence-electron chi connectivity index (χ4n) is 3.49. The SMILES string of the molecule is c1ccc2nc(-c3ccc4ncc(-c5cnc6cccnc6c5)nc4c3)ncc2c1. The number of hydrogen-bond acceptors (Lipinski definition) is 6. The highest BCUT2D eigenvalue weighted by molar-refractivity contribution is 5.85. The van der Waals surface area contributed by atoms with Gasteiger partial charge < -0.3 is 0 Å². The summed E-state index contributed by atoms with van der Waals surface area (Å²) in [7, 11) is 0. The third-order valence-electron chi connectivity index (χ3n) is 5.04. The predicted molar refractivity (Wildman–Crippen MR) is 117 cm³/mol. The van der Waals surface area contributed by atoms with Crippen LogP contribution in [0.2, 0.25) is 0 Å². The van der Waals surface area contributed by atoms with E-state index in [4.69, 9.17) is 4.98 Å². The summed E-state index contributed by atoms with van der Waals surface area (Å²) in [5, 5.41) is 1.02. The number of rotatable bonds is 2. The van der Waals surface area contributed by atoms with Crippen LogP contribution < -0.4 is 0 Å². The lowest BCUT2D eigenvalue weighted by Crippen LogP contribution is -1.93. The summed E-state index contributed by atoms with van der Waals surface area (Å²) in [6, 6.07) is 19.6. The standard InChI is InChI=1S/C24H14N6/c1-2-5-18-16(4-1)12-28-24(30-18)15-7-8-20-22(10-15)29-23(14-27-20)17-11-21-19(26-13-17)6-3-9-25-21/h1-14H. The van der Waals surface area contributed by atoms with E-state index in [1.165, 1.54) is 0 Å². The van der Waals surface area contributed by atoms with E-state index in [1.807, 2.05) is 66.9 Å². The molecule has 0 aliphatic carbocycles. The van der Waals surface area contributed by atoms with Gasteiger partial charge in [0, 0.05) is 35.1 Å². The molecule has 30 heavy (non-hydrogen) atoms. The quantitative estimate of drug-likeness (QED) is 0.423. The van der Waals surface area contributed by atoms with Gasteiger partial charge in [-0.05, 0) is 42.5 Å². The second-order valence-corrected chi connectivity index (χ2v) is 6.98. The lowest BCUT2D eigenvalue weighted by Gasteiger charge is -2.06. The Kier molecular flexibility index (Phi) is 3.67. The first-order valence-corrected chi connectivity index (χ1v) is 9.54. The molecular weight excluding hydrogens is 372 g/mol. The van der Waals surface area contributed by atoms with Crippen molar-refractivity contribution >= 4 is 33.0 Å². The van der Waals surface area contributed by atoms with E-state index in [2.05, 4.69) is 24.9 Å². The molecule has 6 nitrogen and oxygen atoms in total. The first kappa shape index (κ1) is 16.6. The number of hydrogen-bond donors (Lipinski definition) is 0. The normalized spacial score (nSPS) is 11.3. The molecule has 0 unspecified atom stereocenters. The first-order valence-electron chi connectivity index (χ1n) is 9.54. The van der Waals surface area contributed by atoms with Gasteiger partial charge in [0.15, 0.2) is 5.82 Å². The fourth-order valence-corrected chi connectivity index (χ4v) is 3.49. The van der Waals surface area contributed by atoms with Crippen LogP contribution in [0.1, 0.15) is 0 Å². The van der Waals surface area contributed by atoms with Crippen molar-refractivity contribution in [3.05, 3.63) is 85.5 Å². The van der Waals surface area contributed by atoms with Crippen molar-refractivity contribution < 1.29 is 0 Å². The molecule has 0 radical (unpaired) electrons. The number of nitrogens with zero attached hydrogens (tertiary/aromatic N) is 6. The maximum absolute atomic E-state index is 4.81. The van der Waals surface area contributed by atoms with E-state index in [0.717, 1.165) is 49.8 Å². The van der Waals surface area contributed by atoms with E-state index in [0.29, 0.717) is 5.82 Å². The van der Waals surface area contributed by atoms with Gasteiger partial charge in [0.1, 0.15) is 0 Å². The lowest BCUT2D eigenvalue weighted by molar-refractivity contribution is 1.22. The average molecular weight is 386 g/mol. The highest BCUT2D eigenvalue weighted by atomic mass is 14.9. The molecule has 0 spiro atoms. The second kappa shape index (κ2) is 6.63. The van der Waals surface area contributed by atoms with Crippen LogP contribution in [0.15, 0.2) is 85.5 Å². The Morgan fingerprint density at radius 3 is 2.33 bits per heavy atom. The molecule has 0 fully saturated rings. The van der Waals surface area contributed by atoms with Gasteiger partial charge in [-0.1, -0.05) is 18.2 Å². The summed E-state index contributed by atoms with van der Waals surface area (Å²) in [5.74, 6) is 0.666. The molecule has 6 heteroatoms. The number of aromatic nitrogens is 6. The van der Waals surface area contributed by atoms with Crippen molar-refractivity contribution in [1.82, 2.24) is 29.9 Å². The average Bonchev–Trinajstić information content (AvgIpc) is 2.82. The van der Waals surface area contributed by atoms with Crippen LogP contribution in [0.25, 0.3) is 55.6 Å². The smallest absolute Gasteiger partial charge is 0.159 e. The molecule has 6 rings (SSSR count). The first-order chi connectivity index (χ1) is 14.8. The van der Waals surface area contributed by atoms with Crippen molar-refractivity contribution in [2.24, 2.45) is 0 Å². The number of para-hydroxylation sites is 1. The van der Waals surface area contributed by atoms with Crippen LogP contribution in [0.5, 0.6) is 0 Å². The summed E-state index contributed by atoms with van der Waals surface area (Å²) in [6.07, 6.45) is 7.17. The lowest BCUT2D eigenvalue weighted by atomic mass is 10.1. The van der Waals surface area contributed by atoms with E-state index >= 15 is 0 Å². The molecule has 6 aromatic rings. The number of benzene rings is 2. The largest absolute Gasteiger partial charge is 0.255 e. The highest BCUT2D eigenvalue weighted by Crippen LogP contribution is 2.25. The van der Waals surface area contributed by atoms with Crippen LogP contribution in [0.4, 0.5) is 0 Å². The van der Waals surface area contributed by atoms with Crippen LogP contribution in [0.3, 0.4) is 0 Å². The van der Waals surface area contributed by atoms with Crippen molar-refractivity contribution in [2.75, 3.05) is 0 Å². The summed E-state index contributed by atoms with van der Waals surface area (Å²) in [4.78, 5) is 27.5. The Hall–Kier alpha value is -4.32. The molecule has 0 saturated heterocycles. The summed E-state index contributed by atoms with van der Waals surface area (Å²) in [5.41, 5.74) is 6.72. The van der Waals surface area contributed by atoms with Crippen LogP contribution in [-0.2, 0) is 0 Å². The minimum absolute atomic E-state index is 0.666. The maximum Gasteiger partial charge on any atom is 0.159 e. The van der Waals surface area contributed by atoms with E-state index in [-0.39, 0.29) is 0 Å². The molecule has 4 heterocycles. The zero-order chi connectivity index (χ0) is 19.9. The molecular formula is C24H14N6. The maximum atomic E-state index is 4.81. The Balaban J connectivity index is 1.46. The molecule has 0 bridgehead atoms. The van der Waals surface area contributed by atoms with Gasteiger partial charge in [-0.3, -0.25) is 15.0 Å². The van der Waals surface area contributed by atoms with Crippen LogP contribution in [-0.4, -0.2) is 29.9 Å². The Labute approximate surface area is 171 Å². The van der Waals surface area contributed by atoms with Crippen molar-refractivity contribution in [2.45, 2.75) is 0 Å². The zero-order valence-corrected chi connectivity index (χ0v) is 15.8. The van der Waals surface area contributed by atoms with E-state index < -0.39 is 0 Å². The molecule has 0 saturated carbocycles. The van der Waals surface area contributed by atoms with Crippen molar-refractivity contribution in [3.8, 4) is 22.6 Å². The summed E-state index contributed by atoms with van der Waals surface area (Å²) < 4.78 is 0. The molecule has 0 atom stereocenters. The molecule has 0 amide bonds. The molecule has 0 aliphatic heterocycles. The third-order valence-corrected chi connectivity index (χ3v) is 5.04. The van der Waals surface area contributed by atoms with Gasteiger partial charge in [-0.25, -0.2) is 15.0 Å². The minimum Gasteiger partial charge on any atom is -0.255 e. The number of fused-ring (bicyclic) bond motifs is 3. The molecule has 0 N–H and O–H groups in total. The van der Waals surface area contributed by atoms with Gasteiger partial charge in [-0.15, -0.1) is 0 Å². The van der Waals surface area contributed by atoms with Crippen molar-refractivity contribution in [1.29, 1.82) is 0 Å². The zero-order valence-electron chi connectivity index (χ0n) is 15.8. The Morgan fingerprint density at radius 2 is 1.33 bits per heavy atom. The summed E-state index contributed by atoms with van der Waals surface area (Å²) in [6.45, 7) is 0. The Morgan fingerprint density at radius 1 is 0.500 bits per heavy atom. The van der Waals surface area contributed by atoms with E-state index in [9.17, 15) is 0 Å². The molecule has 4 aromatic heterocycles. The van der Waals surface area contributed by atoms with Gasteiger partial charge in [0.25, 0.3) is 0 Å². The van der Waals surface area contributed by atoms with Gasteiger partial charge in [-0.2, -0.15) is 0 Å². The van der Waals surface area contributed by atoms with E-state index in [1.54, 1.807) is 18.6 Å². The molecule has 140 valence electrons. The fraction of sp³-hybridized carbons (Fsp3) is 0. The number of pyridine rings is 2. The minimum atomic E-state index is 0.666. The molecule has 2 aromatic carbocycles. The van der Waals surface area contributed by atoms with Gasteiger partial charge in [0.05, 0.1) is 39.5 Å². The van der Waals surface area contributed by atoms with Crippen LogP contribution >= 0.6 is 0 Å². The summed E-state index contributed by atoms with van der Waals surface area (Å²) >= 11 is 0. The Bertz CT molecular complexity index is 1450. The van der Waals surface area contributed by atoms with Crippen molar-refractivity contribution in [3.63, 3.8) is 0 Å². The molecule has 0 aliphatic rings. The van der Waals surface area contributed by atoms with Gasteiger partial charge >= 0.3 is 0 Å². The van der Waals surface area contributed by atoms with Crippen LogP contribution in [0, 0.1) is 0 Å².